The standard InChI is InChI=1S/C17H17F3N6O2/c1-10-3-5-24(10)16-15-21-8-12(17(18,19)20)25(15)9-13(22-16)26-6-4-11(23-26)7-14(27)28-2/h4,6,8-10H,3,5,7H2,1-2H3/t10-/m0/s1. The molecule has 11 heteroatoms. The van der Waals surface area contributed by atoms with Crippen LogP contribution in [0.5, 0.6) is 0 Å². The molecule has 0 spiro atoms. The minimum atomic E-state index is -4.56. The first-order chi connectivity index (χ1) is 13.3. The first kappa shape index (κ1) is 18.3. The number of nitrogens with zero attached hydrogens (tertiary/aromatic N) is 6. The Morgan fingerprint density at radius 2 is 2.18 bits per heavy atom. The minimum absolute atomic E-state index is 0.0410. The van der Waals surface area contributed by atoms with E-state index in [1.54, 1.807) is 12.3 Å². The smallest absolute Gasteiger partial charge is 0.433 e. The maximum Gasteiger partial charge on any atom is 0.433 e. The molecule has 3 aromatic heterocycles. The Kier molecular flexibility index (Phi) is 4.24. The van der Waals surface area contributed by atoms with Crippen LogP contribution in [0, 0.1) is 0 Å². The number of carbonyl (C=O) groups is 1. The van der Waals surface area contributed by atoms with E-state index in [0.717, 1.165) is 17.0 Å². The highest BCUT2D eigenvalue weighted by Crippen LogP contribution is 2.34. The van der Waals surface area contributed by atoms with E-state index in [1.165, 1.54) is 18.0 Å². The van der Waals surface area contributed by atoms with Gasteiger partial charge < -0.3 is 9.64 Å². The first-order valence-electron chi connectivity index (χ1n) is 8.61. The molecule has 4 heterocycles. The monoisotopic (exact) mass is 394 g/mol. The highest BCUT2D eigenvalue weighted by molar-refractivity contribution is 5.71. The third-order valence-electron chi connectivity index (χ3n) is 4.78. The summed E-state index contributed by atoms with van der Waals surface area (Å²) in [5, 5.41) is 4.23. The number of carbonyl (C=O) groups excluding carboxylic acids is 1. The lowest BCUT2D eigenvalue weighted by atomic mass is 10.1. The average molecular weight is 394 g/mol. The fourth-order valence-corrected chi connectivity index (χ4v) is 3.11. The Morgan fingerprint density at radius 3 is 2.79 bits per heavy atom. The Bertz CT molecular complexity index is 1040. The van der Waals surface area contributed by atoms with Crippen molar-refractivity contribution in [3.8, 4) is 5.82 Å². The normalized spacial score (nSPS) is 17.0. The quantitative estimate of drug-likeness (QED) is 0.632. The molecule has 1 saturated heterocycles. The lowest BCUT2D eigenvalue weighted by Crippen LogP contribution is -2.46. The zero-order chi connectivity index (χ0) is 20.1. The Hall–Kier alpha value is -3.11. The fourth-order valence-electron chi connectivity index (χ4n) is 3.11. The average Bonchev–Trinajstić information content (AvgIpc) is 3.26. The van der Waals surface area contributed by atoms with Crippen LogP contribution in [0.4, 0.5) is 19.0 Å². The van der Waals surface area contributed by atoms with Gasteiger partial charge in [0.25, 0.3) is 0 Å². The second kappa shape index (κ2) is 6.50. The van der Waals surface area contributed by atoms with Gasteiger partial charge >= 0.3 is 12.1 Å². The van der Waals surface area contributed by atoms with Gasteiger partial charge in [-0.1, -0.05) is 0 Å². The van der Waals surface area contributed by atoms with Crippen LogP contribution in [0.2, 0.25) is 0 Å². The molecule has 0 amide bonds. The molecule has 8 nitrogen and oxygen atoms in total. The van der Waals surface area contributed by atoms with Gasteiger partial charge in [0.1, 0.15) is 5.69 Å². The van der Waals surface area contributed by atoms with Gasteiger partial charge in [0.05, 0.1) is 31.6 Å². The summed E-state index contributed by atoms with van der Waals surface area (Å²) in [5.74, 6) is 0.107. The number of hydrogen-bond donors (Lipinski definition) is 0. The SMILES string of the molecule is COC(=O)Cc1ccn(-c2cn3c(C(F)(F)F)cnc3c(N3CC[C@@H]3C)n2)n1. The largest absolute Gasteiger partial charge is 0.469 e. The van der Waals surface area contributed by atoms with Crippen LogP contribution in [0.3, 0.4) is 0 Å². The lowest BCUT2D eigenvalue weighted by Gasteiger charge is -2.39. The Morgan fingerprint density at radius 1 is 1.39 bits per heavy atom. The summed E-state index contributed by atoms with van der Waals surface area (Å²) < 4.78 is 47.2. The van der Waals surface area contributed by atoms with Crippen molar-refractivity contribution in [1.29, 1.82) is 0 Å². The van der Waals surface area contributed by atoms with Gasteiger partial charge in [0.15, 0.2) is 17.3 Å². The second-order valence-corrected chi connectivity index (χ2v) is 6.59. The highest BCUT2D eigenvalue weighted by Gasteiger charge is 2.36. The number of anilines is 1. The van der Waals surface area contributed by atoms with Crippen molar-refractivity contribution in [1.82, 2.24) is 24.1 Å². The zero-order valence-electron chi connectivity index (χ0n) is 15.1. The maximum absolute atomic E-state index is 13.4. The van der Waals surface area contributed by atoms with Gasteiger partial charge in [-0.05, 0) is 19.4 Å². The zero-order valence-corrected chi connectivity index (χ0v) is 15.1. The van der Waals surface area contributed by atoms with Crippen LogP contribution in [0.25, 0.3) is 11.5 Å². The summed E-state index contributed by atoms with van der Waals surface area (Å²) in [6, 6.07) is 1.75. The van der Waals surface area contributed by atoms with Crippen LogP contribution >= 0.6 is 0 Å². The number of hydrogen-bond acceptors (Lipinski definition) is 6. The van der Waals surface area contributed by atoms with Gasteiger partial charge in [-0.3, -0.25) is 9.20 Å². The van der Waals surface area contributed by atoms with Crippen LogP contribution in [0.15, 0.2) is 24.7 Å². The number of esters is 1. The number of fused-ring (bicyclic) bond motifs is 1. The van der Waals surface area contributed by atoms with Gasteiger partial charge in [0, 0.05) is 18.8 Å². The molecule has 3 aromatic rings. The van der Waals surface area contributed by atoms with Crippen LogP contribution in [0.1, 0.15) is 24.7 Å². The number of rotatable bonds is 4. The van der Waals surface area contributed by atoms with Crippen LogP contribution in [-0.2, 0) is 22.1 Å². The molecule has 0 aliphatic carbocycles. The molecule has 1 aliphatic heterocycles. The molecule has 0 radical (unpaired) electrons. The topological polar surface area (TPSA) is 77.5 Å². The summed E-state index contributed by atoms with van der Waals surface area (Å²) in [7, 11) is 1.27. The predicted molar refractivity (Wildman–Crippen MR) is 92.3 cm³/mol. The van der Waals surface area contributed by atoms with Crippen LogP contribution in [-0.4, -0.2) is 49.8 Å². The fraction of sp³-hybridized carbons (Fsp3) is 0.412. The van der Waals surface area contributed by atoms with E-state index in [9.17, 15) is 18.0 Å². The molecule has 148 valence electrons. The number of methoxy groups -OCH3 is 1. The highest BCUT2D eigenvalue weighted by atomic mass is 19.4. The number of aromatic nitrogens is 5. The van der Waals surface area contributed by atoms with E-state index in [1.807, 2.05) is 11.8 Å². The first-order valence-corrected chi connectivity index (χ1v) is 8.61. The summed E-state index contributed by atoms with van der Waals surface area (Å²) in [4.78, 5) is 21.8. The summed E-state index contributed by atoms with van der Waals surface area (Å²) in [6.07, 6.45) is -0.0822. The number of ether oxygens (including phenoxy) is 1. The Labute approximate surface area is 157 Å². The van der Waals surface area contributed by atoms with E-state index < -0.39 is 17.8 Å². The number of halogens is 3. The molecule has 0 aromatic carbocycles. The molecular weight excluding hydrogens is 377 g/mol. The third kappa shape index (κ3) is 3.06. The van der Waals surface area contributed by atoms with E-state index in [2.05, 4.69) is 19.8 Å². The van der Waals surface area contributed by atoms with Crippen molar-refractivity contribution in [3.63, 3.8) is 0 Å². The molecular formula is C17H17F3N6O2. The predicted octanol–water partition coefficient (Wildman–Crippen LogP) is 2.25. The number of imidazole rings is 1. The summed E-state index contributed by atoms with van der Waals surface area (Å²) >= 11 is 0. The van der Waals surface area contributed by atoms with Crippen molar-refractivity contribution in [2.24, 2.45) is 0 Å². The van der Waals surface area contributed by atoms with E-state index in [-0.39, 0.29) is 23.9 Å². The van der Waals surface area contributed by atoms with Crippen molar-refractivity contribution in [2.45, 2.75) is 32.0 Å². The van der Waals surface area contributed by atoms with Gasteiger partial charge in [-0.25, -0.2) is 14.6 Å². The maximum atomic E-state index is 13.4. The van der Waals surface area contributed by atoms with Crippen molar-refractivity contribution >= 4 is 17.4 Å². The molecule has 0 saturated carbocycles. The molecule has 4 rings (SSSR count). The van der Waals surface area contributed by atoms with E-state index >= 15 is 0 Å². The molecule has 0 unspecified atom stereocenters. The minimum Gasteiger partial charge on any atom is -0.469 e. The van der Waals surface area contributed by atoms with E-state index in [4.69, 9.17) is 0 Å². The summed E-state index contributed by atoms with van der Waals surface area (Å²) in [5.41, 5.74) is -0.318. The number of alkyl halides is 3. The molecule has 0 N–H and O–H groups in total. The van der Waals surface area contributed by atoms with Crippen molar-refractivity contribution in [3.05, 3.63) is 36.0 Å². The lowest BCUT2D eigenvalue weighted by molar-refractivity contribution is -0.142. The van der Waals surface area contributed by atoms with Gasteiger partial charge in [-0.15, -0.1) is 0 Å². The molecule has 1 atom stereocenters. The molecule has 0 bridgehead atoms. The third-order valence-corrected chi connectivity index (χ3v) is 4.78. The second-order valence-electron chi connectivity index (χ2n) is 6.59. The van der Waals surface area contributed by atoms with E-state index in [0.29, 0.717) is 18.1 Å². The van der Waals surface area contributed by atoms with Gasteiger partial charge in [-0.2, -0.15) is 18.3 Å². The van der Waals surface area contributed by atoms with Gasteiger partial charge in [0.2, 0.25) is 0 Å². The van der Waals surface area contributed by atoms with Crippen LogP contribution < -0.4 is 4.90 Å². The Balaban J connectivity index is 1.83. The molecule has 28 heavy (non-hydrogen) atoms. The summed E-state index contributed by atoms with van der Waals surface area (Å²) in [6.45, 7) is 2.67. The van der Waals surface area contributed by atoms with Crippen molar-refractivity contribution < 1.29 is 22.7 Å². The molecule has 1 aliphatic rings. The molecule has 1 fully saturated rings. The van der Waals surface area contributed by atoms with Crippen molar-refractivity contribution in [2.75, 3.05) is 18.6 Å².